The molecule has 0 bridgehead atoms. The fourth-order valence-electron chi connectivity index (χ4n) is 2.65. The van der Waals surface area contributed by atoms with Gasteiger partial charge in [0.25, 0.3) is 0 Å². The van der Waals surface area contributed by atoms with Gasteiger partial charge in [0, 0.05) is 6.42 Å². The fraction of sp³-hybridized carbons (Fsp3) is 0.750. The molecule has 0 aliphatic carbocycles. The smallest absolute Gasteiger partial charge is 0.326 e. The van der Waals surface area contributed by atoms with Crippen LogP contribution in [0.3, 0.4) is 0 Å². The van der Waals surface area contributed by atoms with Crippen LogP contribution in [0.1, 0.15) is 47.0 Å². The van der Waals surface area contributed by atoms with E-state index >= 15 is 0 Å². The highest BCUT2D eigenvalue weighted by Crippen LogP contribution is 2.08. The van der Waals surface area contributed by atoms with E-state index in [1.54, 1.807) is 34.0 Å². The molecule has 32 heavy (non-hydrogen) atoms. The average Bonchev–Trinajstić information content (AvgIpc) is 2.70. The first-order chi connectivity index (χ1) is 14.8. The van der Waals surface area contributed by atoms with E-state index in [1.807, 2.05) is 0 Å². The van der Waals surface area contributed by atoms with Crippen LogP contribution >= 0.6 is 11.8 Å². The number of amides is 3. The van der Waals surface area contributed by atoms with E-state index in [9.17, 15) is 29.1 Å². The third-order valence-electron chi connectivity index (χ3n) is 4.77. The number of hydrogen-bond donors (Lipinski definition) is 6. The summed E-state index contributed by atoms with van der Waals surface area (Å²) in [5.41, 5.74) is 5.83. The number of thioether (sulfide) groups is 1. The van der Waals surface area contributed by atoms with Crippen molar-refractivity contribution in [1.82, 2.24) is 16.0 Å². The molecule has 0 spiro atoms. The van der Waals surface area contributed by atoms with Crippen LogP contribution in [0.25, 0.3) is 0 Å². The molecule has 4 atom stereocenters. The molecule has 12 heteroatoms. The van der Waals surface area contributed by atoms with Gasteiger partial charge in [0.15, 0.2) is 0 Å². The Morgan fingerprint density at radius 1 is 0.812 bits per heavy atom. The molecule has 3 amide bonds. The van der Waals surface area contributed by atoms with Crippen molar-refractivity contribution in [3.05, 3.63) is 0 Å². The van der Waals surface area contributed by atoms with E-state index in [4.69, 9.17) is 10.8 Å². The summed E-state index contributed by atoms with van der Waals surface area (Å²) < 4.78 is 0. The second-order valence-corrected chi connectivity index (χ2v) is 9.16. The zero-order valence-corrected chi connectivity index (χ0v) is 20.0. The molecule has 184 valence electrons. The molecule has 0 radical (unpaired) electrons. The van der Waals surface area contributed by atoms with E-state index in [2.05, 4.69) is 16.0 Å². The van der Waals surface area contributed by atoms with E-state index in [-0.39, 0.29) is 24.7 Å². The fourth-order valence-corrected chi connectivity index (χ4v) is 3.12. The number of hydrogen-bond acceptors (Lipinski definition) is 7. The van der Waals surface area contributed by atoms with Gasteiger partial charge < -0.3 is 31.9 Å². The monoisotopic (exact) mass is 476 g/mol. The Morgan fingerprint density at radius 2 is 1.38 bits per heavy atom. The quantitative estimate of drug-likeness (QED) is 0.186. The number of rotatable bonds is 15. The third-order valence-corrected chi connectivity index (χ3v) is 5.42. The van der Waals surface area contributed by atoms with Crippen LogP contribution in [0.5, 0.6) is 0 Å². The largest absolute Gasteiger partial charge is 0.481 e. The summed E-state index contributed by atoms with van der Waals surface area (Å²) in [5, 5.41) is 25.7. The minimum atomic E-state index is -1.29. The molecule has 7 N–H and O–H groups in total. The third kappa shape index (κ3) is 10.8. The number of carboxylic acid groups (broad SMARTS) is 2. The summed E-state index contributed by atoms with van der Waals surface area (Å²) >= 11 is 1.41. The standard InChI is InChI=1S/C20H36N4O7S/c1-10(2)15(21)18(28)24-16(11(3)4)19(29)22-12(6-7-14(25)26)17(27)23-13(20(30)31)8-9-32-5/h10-13,15-16H,6-9,21H2,1-5H3,(H,22,29)(H,23,27)(H,24,28)(H,25,26)(H,30,31). The lowest BCUT2D eigenvalue weighted by atomic mass is 9.99. The van der Waals surface area contributed by atoms with Crippen LogP contribution < -0.4 is 21.7 Å². The Labute approximate surface area is 192 Å². The Hall–Kier alpha value is -2.34. The van der Waals surface area contributed by atoms with E-state index in [1.165, 1.54) is 11.8 Å². The molecule has 0 aromatic carbocycles. The molecule has 0 aliphatic rings. The van der Waals surface area contributed by atoms with Gasteiger partial charge in [-0.3, -0.25) is 19.2 Å². The van der Waals surface area contributed by atoms with Crippen molar-refractivity contribution in [2.75, 3.05) is 12.0 Å². The summed E-state index contributed by atoms with van der Waals surface area (Å²) in [6.45, 7) is 6.91. The van der Waals surface area contributed by atoms with E-state index < -0.39 is 60.2 Å². The number of nitrogens with one attached hydrogen (secondary N) is 3. The zero-order chi connectivity index (χ0) is 25.0. The molecule has 0 saturated heterocycles. The van der Waals surface area contributed by atoms with Crippen molar-refractivity contribution in [3.8, 4) is 0 Å². The molecule has 0 aromatic rings. The maximum atomic E-state index is 12.9. The predicted octanol–water partition coefficient (Wildman–Crippen LogP) is -0.217. The number of aliphatic carboxylic acids is 2. The van der Waals surface area contributed by atoms with Crippen molar-refractivity contribution in [1.29, 1.82) is 0 Å². The molecule has 0 saturated carbocycles. The van der Waals surface area contributed by atoms with Crippen molar-refractivity contribution in [2.24, 2.45) is 17.6 Å². The first kappa shape index (κ1) is 29.7. The Bertz CT molecular complexity index is 672. The lowest BCUT2D eigenvalue weighted by Crippen LogP contribution is -2.58. The summed E-state index contributed by atoms with van der Waals surface area (Å²) in [6, 6.07) is -4.31. The average molecular weight is 477 g/mol. The number of carboxylic acids is 2. The topological polar surface area (TPSA) is 188 Å². The molecule has 0 rings (SSSR count). The van der Waals surface area contributed by atoms with E-state index in [0.29, 0.717) is 5.75 Å². The lowest BCUT2D eigenvalue weighted by molar-refractivity contribution is -0.143. The van der Waals surface area contributed by atoms with Gasteiger partial charge in [-0.15, -0.1) is 0 Å². The maximum Gasteiger partial charge on any atom is 0.326 e. The first-order valence-electron chi connectivity index (χ1n) is 10.4. The molecule has 0 heterocycles. The highest BCUT2D eigenvalue weighted by Gasteiger charge is 2.32. The van der Waals surface area contributed by atoms with E-state index in [0.717, 1.165) is 0 Å². The maximum absolute atomic E-state index is 12.9. The van der Waals surface area contributed by atoms with Gasteiger partial charge in [-0.25, -0.2) is 4.79 Å². The van der Waals surface area contributed by atoms with Crippen LogP contribution in [0.15, 0.2) is 0 Å². The van der Waals surface area contributed by atoms with Gasteiger partial charge in [0.1, 0.15) is 18.1 Å². The number of carbonyl (C=O) groups is 5. The van der Waals surface area contributed by atoms with Crippen molar-refractivity contribution in [3.63, 3.8) is 0 Å². The molecule has 11 nitrogen and oxygen atoms in total. The van der Waals surface area contributed by atoms with Gasteiger partial charge in [-0.1, -0.05) is 27.7 Å². The molecule has 0 aromatic heterocycles. The Kier molecular flexibility index (Phi) is 13.6. The minimum Gasteiger partial charge on any atom is -0.481 e. The van der Waals surface area contributed by atoms with Gasteiger partial charge in [-0.2, -0.15) is 11.8 Å². The minimum absolute atomic E-state index is 0.158. The van der Waals surface area contributed by atoms with Crippen molar-refractivity contribution >= 4 is 41.4 Å². The van der Waals surface area contributed by atoms with Gasteiger partial charge in [0.05, 0.1) is 6.04 Å². The summed E-state index contributed by atoms with van der Waals surface area (Å²) in [5.74, 6) is -4.45. The zero-order valence-electron chi connectivity index (χ0n) is 19.2. The number of nitrogens with two attached hydrogens (primary N) is 1. The van der Waals surface area contributed by atoms with Crippen LogP contribution in [-0.4, -0.2) is 76.0 Å². The van der Waals surface area contributed by atoms with Crippen molar-refractivity contribution < 1.29 is 34.2 Å². The summed E-state index contributed by atoms with van der Waals surface area (Å²) in [7, 11) is 0. The first-order valence-corrected chi connectivity index (χ1v) is 11.8. The summed E-state index contributed by atoms with van der Waals surface area (Å²) in [4.78, 5) is 60.3. The van der Waals surface area contributed by atoms with Crippen LogP contribution in [0, 0.1) is 11.8 Å². The predicted molar refractivity (Wildman–Crippen MR) is 121 cm³/mol. The Balaban J connectivity index is 5.47. The number of carbonyl (C=O) groups excluding carboxylic acids is 3. The molecule has 0 fully saturated rings. The highest BCUT2D eigenvalue weighted by molar-refractivity contribution is 7.98. The summed E-state index contributed by atoms with van der Waals surface area (Å²) in [6.07, 6.45) is 1.30. The van der Waals surface area contributed by atoms with Gasteiger partial charge in [-0.05, 0) is 36.7 Å². The SMILES string of the molecule is CSCCC(NC(=O)C(CCC(=O)O)NC(=O)C(NC(=O)C(N)C(C)C)C(C)C)C(=O)O. The lowest BCUT2D eigenvalue weighted by Gasteiger charge is -2.27. The van der Waals surface area contributed by atoms with Gasteiger partial charge in [0.2, 0.25) is 17.7 Å². The normalized spacial score (nSPS) is 14.9. The highest BCUT2D eigenvalue weighted by atomic mass is 32.2. The van der Waals surface area contributed by atoms with Crippen molar-refractivity contribution in [2.45, 2.75) is 71.1 Å². The van der Waals surface area contributed by atoms with Gasteiger partial charge >= 0.3 is 11.9 Å². The Morgan fingerprint density at radius 3 is 1.81 bits per heavy atom. The molecule has 0 aliphatic heterocycles. The van der Waals surface area contributed by atoms with Crippen LogP contribution in [0.4, 0.5) is 0 Å². The van der Waals surface area contributed by atoms with Crippen LogP contribution in [-0.2, 0) is 24.0 Å². The second-order valence-electron chi connectivity index (χ2n) is 8.17. The molecular formula is C20H36N4O7S. The second kappa shape index (κ2) is 14.7. The molecular weight excluding hydrogens is 440 g/mol. The molecule has 4 unspecified atom stereocenters. The van der Waals surface area contributed by atoms with Crippen LogP contribution in [0.2, 0.25) is 0 Å².